The average Bonchev–Trinajstić information content (AvgIpc) is 2.01. The Labute approximate surface area is 113 Å². The zero-order valence-electron chi connectivity index (χ0n) is 9.52. The number of aryl methyl sites for hydroxylation is 1. The van der Waals surface area contributed by atoms with E-state index in [4.69, 9.17) is 0 Å². The Morgan fingerprint density at radius 2 is 2.00 bits per heavy atom. The van der Waals surface area contributed by atoms with Crippen LogP contribution in [0.4, 0.5) is 0 Å². The van der Waals surface area contributed by atoms with Crippen LogP contribution in [0.2, 0.25) is 0 Å². The second-order valence-corrected chi connectivity index (χ2v) is 4.46. The minimum absolute atomic E-state index is 0. The molecule has 0 aliphatic carbocycles. The molecule has 0 aliphatic rings. The van der Waals surface area contributed by atoms with Crippen LogP contribution in [0.1, 0.15) is 31.9 Å². The van der Waals surface area contributed by atoms with E-state index < -0.39 is 0 Å². The van der Waals surface area contributed by atoms with Gasteiger partial charge >= 0.3 is 0 Å². The fraction of sp³-hybridized carbons (Fsp3) is 0.500. The van der Waals surface area contributed by atoms with Crippen molar-refractivity contribution in [2.75, 3.05) is 0 Å². The second kappa shape index (κ2) is 6.00. The molecule has 0 saturated carbocycles. The van der Waals surface area contributed by atoms with Gasteiger partial charge in [-0.25, -0.2) is 0 Å². The summed E-state index contributed by atoms with van der Waals surface area (Å²) < 4.78 is 0. The standard InChI is InChI=1S/C12H18N.Y/c1-10-7-5-6-8-11(10)9-13-12(2,3)4;/h6-8,13H,9H2,1-4H3;/q-1;. The van der Waals surface area contributed by atoms with Gasteiger partial charge in [0.2, 0.25) is 0 Å². The summed E-state index contributed by atoms with van der Waals surface area (Å²) in [6, 6.07) is 9.18. The van der Waals surface area contributed by atoms with E-state index in [0.29, 0.717) is 0 Å². The predicted molar refractivity (Wildman–Crippen MR) is 56.6 cm³/mol. The van der Waals surface area contributed by atoms with E-state index >= 15 is 0 Å². The van der Waals surface area contributed by atoms with E-state index in [9.17, 15) is 0 Å². The van der Waals surface area contributed by atoms with Crippen molar-refractivity contribution in [3.05, 3.63) is 35.4 Å². The van der Waals surface area contributed by atoms with Crippen molar-refractivity contribution in [2.24, 2.45) is 0 Å². The SMILES string of the molecule is Cc1c[c-]ccc1CNC(C)(C)C.[Y]. The van der Waals surface area contributed by atoms with Crippen LogP contribution in [-0.2, 0) is 39.3 Å². The van der Waals surface area contributed by atoms with Gasteiger partial charge in [-0.15, -0.1) is 5.56 Å². The Bertz CT molecular complexity index is 276. The van der Waals surface area contributed by atoms with Gasteiger partial charge in [-0.05, 0) is 27.3 Å². The number of hydrogen-bond donors (Lipinski definition) is 1. The third-order valence-electron chi connectivity index (χ3n) is 2.00. The molecule has 0 aromatic heterocycles. The van der Waals surface area contributed by atoms with E-state index in [2.05, 4.69) is 45.1 Å². The minimum Gasteiger partial charge on any atom is -0.310 e. The molecule has 1 radical (unpaired) electrons. The maximum Gasteiger partial charge on any atom is 0.00988 e. The zero-order valence-corrected chi connectivity index (χ0v) is 12.4. The fourth-order valence-corrected chi connectivity index (χ4v) is 1.10. The molecule has 1 aromatic carbocycles. The Morgan fingerprint density at radius 1 is 1.36 bits per heavy atom. The number of hydrogen-bond acceptors (Lipinski definition) is 1. The van der Waals surface area contributed by atoms with Gasteiger partial charge in [-0.3, -0.25) is 0 Å². The van der Waals surface area contributed by atoms with Crippen molar-refractivity contribution in [1.29, 1.82) is 0 Å². The third-order valence-corrected chi connectivity index (χ3v) is 2.00. The average molecular weight is 265 g/mol. The Morgan fingerprint density at radius 3 is 2.50 bits per heavy atom. The van der Waals surface area contributed by atoms with Crippen molar-refractivity contribution in [2.45, 2.75) is 39.8 Å². The first-order valence-corrected chi connectivity index (χ1v) is 4.70. The molecule has 0 fully saturated rings. The maximum absolute atomic E-state index is 3.47. The monoisotopic (exact) mass is 265 g/mol. The topological polar surface area (TPSA) is 12.0 Å². The van der Waals surface area contributed by atoms with Crippen LogP contribution in [0.5, 0.6) is 0 Å². The van der Waals surface area contributed by atoms with Crippen molar-refractivity contribution in [3.63, 3.8) is 0 Å². The van der Waals surface area contributed by atoms with Gasteiger partial charge in [0.05, 0.1) is 0 Å². The Hall–Kier alpha value is 0.284. The zero-order chi connectivity index (χ0) is 9.90. The van der Waals surface area contributed by atoms with Gasteiger partial charge < -0.3 is 5.32 Å². The summed E-state index contributed by atoms with van der Waals surface area (Å²) >= 11 is 0. The Balaban J connectivity index is 0.00000169. The van der Waals surface area contributed by atoms with E-state index in [1.807, 2.05) is 12.1 Å². The summed E-state index contributed by atoms with van der Waals surface area (Å²) in [5, 5.41) is 3.47. The summed E-state index contributed by atoms with van der Waals surface area (Å²) in [7, 11) is 0. The fourth-order valence-electron chi connectivity index (χ4n) is 1.10. The summed E-state index contributed by atoms with van der Waals surface area (Å²) in [6.45, 7) is 9.59. The molecule has 1 rings (SSSR count). The molecular formula is C12H18NY-. The first-order valence-electron chi connectivity index (χ1n) is 4.70. The molecule has 0 saturated heterocycles. The second-order valence-electron chi connectivity index (χ2n) is 4.46. The number of nitrogens with one attached hydrogen (secondary N) is 1. The van der Waals surface area contributed by atoms with Gasteiger partial charge in [0.1, 0.15) is 0 Å². The summed E-state index contributed by atoms with van der Waals surface area (Å²) in [5.41, 5.74) is 2.85. The molecule has 0 amide bonds. The number of rotatable bonds is 2. The molecule has 0 bridgehead atoms. The molecule has 1 aromatic rings. The van der Waals surface area contributed by atoms with E-state index in [0.717, 1.165) is 6.54 Å². The molecule has 0 unspecified atom stereocenters. The molecule has 1 N–H and O–H groups in total. The predicted octanol–water partition coefficient (Wildman–Crippen LogP) is 2.68. The van der Waals surface area contributed by atoms with Gasteiger partial charge in [0.25, 0.3) is 0 Å². The van der Waals surface area contributed by atoms with Crippen LogP contribution < -0.4 is 5.32 Å². The van der Waals surface area contributed by atoms with Gasteiger partial charge in [-0.1, -0.05) is 6.92 Å². The van der Waals surface area contributed by atoms with Crippen molar-refractivity contribution in [1.82, 2.24) is 5.32 Å². The molecule has 0 aliphatic heterocycles. The third kappa shape index (κ3) is 5.24. The van der Waals surface area contributed by atoms with E-state index in [1.165, 1.54) is 11.1 Å². The molecule has 0 atom stereocenters. The molecule has 2 heteroatoms. The van der Waals surface area contributed by atoms with Crippen molar-refractivity contribution < 1.29 is 32.7 Å². The normalized spacial score (nSPS) is 10.9. The quantitative estimate of drug-likeness (QED) is 0.811. The molecule has 0 heterocycles. The first kappa shape index (κ1) is 14.3. The maximum atomic E-state index is 3.47. The summed E-state index contributed by atoms with van der Waals surface area (Å²) in [5.74, 6) is 0. The number of benzene rings is 1. The first-order chi connectivity index (χ1) is 5.99. The molecule has 75 valence electrons. The van der Waals surface area contributed by atoms with E-state index in [-0.39, 0.29) is 38.2 Å². The van der Waals surface area contributed by atoms with Crippen LogP contribution in [0, 0.1) is 13.0 Å². The largest absolute Gasteiger partial charge is 0.310 e. The van der Waals surface area contributed by atoms with E-state index in [1.54, 1.807) is 0 Å². The Kier molecular flexibility index (Phi) is 6.12. The summed E-state index contributed by atoms with van der Waals surface area (Å²) in [4.78, 5) is 0. The van der Waals surface area contributed by atoms with Crippen LogP contribution in [0.3, 0.4) is 0 Å². The molecule has 14 heavy (non-hydrogen) atoms. The van der Waals surface area contributed by atoms with Gasteiger partial charge in [-0.2, -0.15) is 29.8 Å². The smallest absolute Gasteiger partial charge is 0.00988 e. The van der Waals surface area contributed by atoms with Crippen molar-refractivity contribution in [3.8, 4) is 0 Å². The minimum atomic E-state index is 0. The molecular weight excluding hydrogens is 247 g/mol. The summed E-state index contributed by atoms with van der Waals surface area (Å²) in [6.07, 6.45) is 0. The molecule has 1 nitrogen and oxygen atoms in total. The van der Waals surface area contributed by atoms with Crippen LogP contribution >= 0.6 is 0 Å². The van der Waals surface area contributed by atoms with Crippen molar-refractivity contribution >= 4 is 0 Å². The van der Waals surface area contributed by atoms with Crippen LogP contribution in [0.15, 0.2) is 18.2 Å². The van der Waals surface area contributed by atoms with Crippen LogP contribution in [-0.4, -0.2) is 5.54 Å². The van der Waals surface area contributed by atoms with Gasteiger partial charge in [0, 0.05) is 38.2 Å². The van der Waals surface area contributed by atoms with Gasteiger partial charge in [0.15, 0.2) is 0 Å². The molecule has 0 spiro atoms. The van der Waals surface area contributed by atoms with Crippen LogP contribution in [0.25, 0.3) is 0 Å².